The van der Waals surface area contributed by atoms with Crippen LogP contribution in [0.1, 0.15) is 22.5 Å². The second kappa shape index (κ2) is 6.53. The Kier molecular flexibility index (Phi) is 4.24. The first-order chi connectivity index (χ1) is 11.7. The third-order valence-corrected chi connectivity index (χ3v) is 6.17. The second-order valence-corrected chi connectivity index (χ2v) is 7.61. The number of nitrogens with zero attached hydrogens (tertiary/aromatic N) is 2. The third-order valence-electron chi connectivity index (χ3n) is 5.12. The number of fused-ring (bicyclic) bond motifs is 3. The topological polar surface area (TPSA) is 57.3 Å². The van der Waals surface area contributed by atoms with Gasteiger partial charge in [0.15, 0.2) is 0 Å². The molecule has 3 aliphatic rings. The Hall–Kier alpha value is -1.92. The zero-order valence-electron chi connectivity index (χ0n) is 13.8. The van der Waals surface area contributed by atoms with E-state index in [0.717, 1.165) is 22.8 Å². The molecule has 126 valence electrons. The number of carbonyl (C=O) groups is 1. The van der Waals surface area contributed by atoms with Gasteiger partial charge in [0.2, 0.25) is 0 Å². The van der Waals surface area contributed by atoms with Gasteiger partial charge in [-0.2, -0.15) is 0 Å². The number of carbonyl (C=O) groups excluding carboxylic acids is 1. The van der Waals surface area contributed by atoms with E-state index >= 15 is 0 Å². The molecule has 2 aromatic rings. The fourth-order valence-corrected chi connectivity index (χ4v) is 4.48. The number of amides is 1. The van der Waals surface area contributed by atoms with E-state index < -0.39 is 0 Å². The highest BCUT2D eigenvalue weighted by molar-refractivity contribution is 7.16. The van der Waals surface area contributed by atoms with Crippen molar-refractivity contribution in [2.24, 2.45) is 5.92 Å². The van der Waals surface area contributed by atoms with E-state index in [0.29, 0.717) is 16.8 Å². The van der Waals surface area contributed by atoms with Gasteiger partial charge in [-0.3, -0.25) is 4.79 Å². The second-order valence-electron chi connectivity index (χ2n) is 6.58. The van der Waals surface area contributed by atoms with Crippen molar-refractivity contribution in [3.8, 4) is 10.6 Å². The van der Waals surface area contributed by atoms with Crippen LogP contribution in [0.2, 0.25) is 0 Å². The maximum atomic E-state index is 12.6. The van der Waals surface area contributed by atoms with E-state index in [9.17, 15) is 4.79 Å². The Labute approximate surface area is 146 Å². The number of nitrogens with one attached hydrogen (secondary N) is 2. The highest BCUT2D eigenvalue weighted by Crippen LogP contribution is 2.29. The lowest BCUT2D eigenvalue weighted by Crippen LogP contribution is -2.57. The van der Waals surface area contributed by atoms with Crippen molar-refractivity contribution < 1.29 is 4.79 Å². The van der Waals surface area contributed by atoms with E-state index in [1.807, 2.05) is 31.3 Å². The van der Waals surface area contributed by atoms with E-state index in [1.165, 1.54) is 37.3 Å². The van der Waals surface area contributed by atoms with Crippen molar-refractivity contribution in [2.45, 2.75) is 18.9 Å². The van der Waals surface area contributed by atoms with E-state index in [1.54, 1.807) is 6.20 Å². The first-order valence-electron chi connectivity index (χ1n) is 8.50. The Morgan fingerprint density at radius 2 is 2.00 bits per heavy atom. The fraction of sp³-hybridized carbons (Fsp3) is 0.444. The summed E-state index contributed by atoms with van der Waals surface area (Å²) in [6.07, 6.45) is 4.11. The molecule has 0 saturated carbocycles. The minimum Gasteiger partial charge on any atom is -0.388 e. The lowest BCUT2D eigenvalue weighted by molar-refractivity contribution is 0.0622. The van der Waals surface area contributed by atoms with Crippen LogP contribution in [-0.2, 0) is 0 Å². The molecule has 4 heterocycles. The summed E-state index contributed by atoms with van der Waals surface area (Å²) in [6.45, 7) is 3.36. The van der Waals surface area contributed by atoms with Crippen LogP contribution in [-0.4, -0.2) is 48.5 Å². The lowest BCUT2D eigenvalue weighted by atomic mass is 9.84. The number of aromatic nitrogens is 1. The molecule has 0 radical (unpaired) electrons. The van der Waals surface area contributed by atoms with Crippen molar-refractivity contribution in [2.75, 3.05) is 32.0 Å². The molecule has 3 aliphatic heterocycles. The van der Waals surface area contributed by atoms with Gasteiger partial charge in [0.25, 0.3) is 5.91 Å². The zero-order valence-corrected chi connectivity index (χ0v) is 14.6. The largest absolute Gasteiger partial charge is 0.388 e. The van der Waals surface area contributed by atoms with Crippen LogP contribution < -0.4 is 10.6 Å². The van der Waals surface area contributed by atoms with Crippen LogP contribution in [0.15, 0.2) is 30.5 Å². The van der Waals surface area contributed by atoms with Gasteiger partial charge in [0, 0.05) is 30.9 Å². The molecule has 3 fully saturated rings. The van der Waals surface area contributed by atoms with E-state index in [-0.39, 0.29) is 5.91 Å². The Morgan fingerprint density at radius 1 is 1.25 bits per heavy atom. The van der Waals surface area contributed by atoms with Gasteiger partial charge in [0.1, 0.15) is 9.88 Å². The first-order valence-corrected chi connectivity index (χ1v) is 9.32. The van der Waals surface area contributed by atoms with Gasteiger partial charge in [-0.1, -0.05) is 0 Å². The number of benzene rings is 1. The third kappa shape index (κ3) is 3.03. The maximum Gasteiger partial charge on any atom is 0.263 e. The maximum absolute atomic E-state index is 12.6. The van der Waals surface area contributed by atoms with E-state index in [2.05, 4.69) is 20.5 Å². The Morgan fingerprint density at radius 3 is 2.62 bits per heavy atom. The summed E-state index contributed by atoms with van der Waals surface area (Å²) in [5.41, 5.74) is 2.11. The molecule has 1 amide bonds. The standard InChI is InChI=1S/C18H22N4OS/c1-19-14-4-2-13(3-5-14)18-20-10-16(24-18)17(23)21-15-11-22-8-6-12(15)7-9-22/h2-5,10,12,15,19H,6-9,11H2,1H3,(H,21,23)/t15-/m0/s1. The molecule has 3 saturated heterocycles. The molecule has 1 aromatic heterocycles. The predicted octanol–water partition coefficient (Wildman–Crippen LogP) is 2.68. The van der Waals surface area contributed by atoms with Gasteiger partial charge >= 0.3 is 0 Å². The molecular formula is C18H22N4OS. The summed E-state index contributed by atoms with van der Waals surface area (Å²) >= 11 is 1.46. The molecule has 5 rings (SSSR count). The quantitative estimate of drug-likeness (QED) is 0.897. The number of anilines is 1. The van der Waals surface area contributed by atoms with Crippen LogP contribution in [0.3, 0.4) is 0 Å². The van der Waals surface area contributed by atoms with Crippen molar-refractivity contribution >= 4 is 22.9 Å². The van der Waals surface area contributed by atoms with Gasteiger partial charge in [-0.15, -0.1) is 11.3 Å². The molecular weight excluding hydrogens is 320 g/mol. The summed E-state index contributed by atoms with van der Waals surface area (Å²) in [4.78, 5) is 20.1. The van der Waals surface area contributed by atoms with Crippen LogP contribution in [0.25, 0.3) is 10.6 Å². The van der Waals surface area contributed by atoms with Gasteiger partial charge in [-0.25, -0.2) is 4.98 Å². The van der Waals surface area contributed by atoms with Crippen LogP contribution in [0.4, 0.5) is 5.69 Å². The molecule has 0 unspecified atom stereocenters. The first kappa shape index (κ1) is 15.6. The summed E-state index contributed by atoms with van der Waals surface area (Å²) in [5.74, 6) is 0.657. The Balaban J connectivity index is 1.44. The monoisotopic (exact) mass is 342 g/mol. The summed E-state index contributed by atoms with van der Waals surface area (Å²) in [6, 6.07) is 8.38. The lowest BCUT2D eigenvalue weighted by Gasteiger charge is -2.44. The molecule has 2 N–H and O–H groups in total. The smallest absolute Gasteiger partial charge is 0.263 e. The predicted molar refractivity (Wildman–Crippen MR) is 97.5 cm³/mol. The fourth-order valence-electron chi connectivity index (χ4n) is 3.66. The number of rotatable bonds is 4. The molecule has 24 heavy (non-hydrogen) atoms. The van der Waals surface area contributed by atoms with Crippen LogP contribution in [0.5, 0.6) is 0 Å². The average Bonchev–Trinajstić information content (AvgIpc) is 3.13. The number of hydrogen-bond donors (Lipinski definition) is 2. The highest BCUT2D eigenvalue weighted by atomic mass is 32.1. The minimum absolute atomic E-state index is 0.0179. The van der Waals surface area contributed by atoms with Gasteiger partial charge in [0.05, 0.1) is 6.20 Å². The summed E-state index contributed by atoms with van der Waals surface area (Å²) < 4.78 is 0. The molecule has 5 nitrogen and oxygen atoms in total. The molecule has 0 aliphatic carbocycles. The van der Waals surface area contributed by atoms with Crippen LogP contribution >= 0.6 is 11.3 Å². The van der Waals surface area contributed by atoms with E-state index in [4.69, 9.17) is 0 Å². The zero-order chi connectivity index (χ0) is 16.5. The van der Waals surface area contributed by atoms with Crippen molar-refractivity contribution in [3.05, 3.63) is 35.3 Å². The molecule has 0 spiro atoms. The average molecular weight is 342 g/mol. The summed E-state index contributed by atoms with van der Waals surface area (Å²) in [7, 11) is 1.90. The SMILES string of the molecule is CNc1ccc(-c2ncc(C(=O)N[C@H]3CN4CCC3CC4)s2)cc1. The van der Waals surface area contributed by atoms with Crippen molar-refractivity contribution in [1.29, 1.82) is 0 Å². The van der Waals surface area contributed by atoms with Gasteiger partial charge < -0.3 is 15.5 Å². The van der Waals surface area contributed by atoms with Crippen molar-refractivity contribution in [3.63, 3.8) is 0 Å². The highest BCUT2D eigenvalue weighted by Gasteiger charge is 2.35. The number of thiazole rings is 1. The minimum atomic E-state index is 0.0179. The van der Waals surface area contributed by atoms with Crippen molar-refractivity contribution in [1.82, 2.24) is 15.2 Å². The normalized spacial score (nSPS) is 25.5. The molecule has 2 bridgehead atoms. The Bertz CT molecular complexity index is 719. The number of piperidine rings is 3. The molecule has 1 aromatic carbocycles. The van der Waals surface area contributed by atoms with Crippen LogP contribution in [0, 0.1) is 5.92 Å². The molecule has 6 heteroatoms. The van der Waals surface area contributed by atoms with Gasteiger partial charge in [-0.05, 0) is 56.1 Å². The summed E-state index contributed by atoms with van der Waals surface area (Å²) in [5, 5.41) is 7.22. The molecule has 1 atom stereocenters. The number of hydrogen-bond acceptors (Lipinski definition) is 5.